The van der Waals surface area contributed by atoms with Crippen LogP contribution in [0.1, 0.15) is 18.1 Å². The van der Waals surface area contributed by atoms with Gasteiger partial charge in [0.2, 0.25) is 0 Å². The lowest BCUT2D eigenvalue weighted by Gasteiger charge is -2.10. The molecular weight excluding hydrogens is 498 g/mol. The van der Waals surface area contributed by atoms with Gasteiger partial charge in [-0.3, -0.25) is 9.36 Å². The molecule has 0 atom stereocenters. The van der Waals surface area contributed by atoms with Crippen molar-refractivity contribution in [3.8, 4) is 17.1 Å². The van der Waals surface area contributed by atoms with Gasteiger partial charge in [0.15, 0.2) is 11.0 Å². The number of hydrogen-bond acceptors (Lipinski definition) is 5. The van der Waals surface area contributed by atoms with Crippen molar-refractivity contribution in [2.45, 2.75) is 19.0 Å². The normalized spacial score (nSPS) is 11.4. The van der Waals surface area contributed by atoms with Gasteiger partial charge in [0, 0.05) is 15.7 Å². The van der Waals surface area contributed by atoms with Crippen molar-refractivity contribution in [3.63, 3.8) is 0 Å². The van der Waals surface area contributed by atoms with E-state index in [1.807, 2.05) is 97.3 Å². The summed E-state index contributed by atoms with van der Waals surface area (Å²) in [5, 5.41) is 13.7. The fourth-order valence-corrected chi connectivity index (χ4v) is 4.29. The number of amides is 1. The molecule has 0 spiro atoms. The zero-order valence-corrected chi connectivity index (χ0v) is 20.6. The summed E-state index contributed by atoms with van der Waals surface area (Å²) in [6.07, 6.45) is 0. The Morgan fingerprint density at radius 3 is 2.52 bits per heavy atom. The van der Waals surface area contributed by atoms with Gasteiger partial charge in [0.05, 0.1) is 11.5 Å². The number of carbonyl (C=O) groups excluding carboxylic acids is 1. The fraction of sp³-hybridized carbons (Fsp3) is 0.120. The monoisotopic (exact) mass is 519 g/mol. The number of aromatic nitrogens is 3. The van der Waals surface area contributed by atoms with E-state index < -0.39 is 0 Å². The molecule has 0 fully saturated rings. The summed E-state index contributed by atoms with van der Waals surface area (Å²) >= 11 is 4.77. The van der Waals surface area contributed by atoms with Crippen LogP contribution in [-0.4, -0.2) is 32.1 Å². The second kappa shape index (κ2) is 10.6. The van der Waals surface area contributed by atoms with E-state index in [2.05, 4.69) is 36.7 Å². The molecule has 4 rings (SSSR count). The molecule has 0 unspecified atom stereocenters. The smallest absolute Gasteiger partial charge is 0.250 e. The van der Waals surface area contributed by atoms with E-state index in [-0.39, 0.29) is 11.7 Å². The number of halogens is 1. The van der Waals surface area contributed by atoms with Gasteiger partial charge in [-0.05, 0) is 43.7 Å². The van der Waals surface area contributed by atoms with E-state index in [0.717, 1.165) is 32.8 Å². The standard InChI is InChI=1S/C25H22BrN5OS/c1-17-11-13-19(14-12-17)24-29-30-25(31(24)22-9-4-3-5-10-22)33-16-23(32)28-27-18(2)20-7-6-8-21(26)15-20/h3-15H,16H2,1-2H3,(H,28,32)/b27-18-. The van der Waals surface area contributed by atoms with Crippen LogP contribution in [0.3, 0.4) is 0 Å². The Morgan fingerprint density at radius 1 is 1.03 bits per heavy atom. The van der Waals surface area contributed by atoms with Crippen LogP contribution in [0.4, 0.5) is 0 Å². The summed E-state index contributed by atoms with van der Waals surface area (Å²) in [5.41, 5.74) is 7.36. The molecule has 4 aromatic rings. The fourth-order valence-electron chi connectivity index (χ4n) is 3.15. The van der Waals surface area contributed by atoms with E-state index in [1.54, 1.807) is 0 Å². The third-order valence-corrected chi connectivity index (χ3v) is 6.30. The molecule has 0 saturated carbocycles. The van der Waals surface area contributed by atoms with Crippen LogP contribution in [0.25, 0.3) is 17.1 Å². The van der Waals surface area contributed by atoms with Crippen LogP contribution in [0.5, 0.6) is 0 Å². The molecule has 1 heterocycles. The highest BCUT2D eigenvalue weighted by Crippen LogP contribution is 2.28. The second-order valence-electron chi connectivity index (χ2n) is 7.37. The number of hydrazone groups is 1. The summed E-state index contributed by atoms with van der Waals surface area (Å²) in [6.45, 7) is 3.90. The number of nitrogens with zero attached hydrogens (tertiary/aromatic N) is 4. The minimum Gasteiger partial charge on any atom is -0.272 e. The number of aryl methyl sites for hydroxylation is 1. The highest BCUT2D eigenvalue weighted by Gasteiger charge is 2.17. The zero-order chi connectivity index (χ0) is 23.2. The van der Waals surface area contributed by atoms with Gasteiger partial charge in [-0.2, -0.15) is 5.10 Å². The number of benzene rings is 3. The summed E-state index contributed by atoms with van der Waals surface area (Å²) in [6, 6.07) is 25.8. The molecule has 0 aliphatic carbocycles. The van der Waals surface area contributed by atoms with Crippen molar-refractivity contribution in [3.05, 3.63) is 94.5 Å². The Morgan fingerprint density at radius 2 is 1.79 bits per heavy atom. The van der Waals surface area contributed by atoms with E-state index in [0.29, 0.717) is 5.16 Å². The van der Waals surface area contributed by atoms with Gasteiger partial charge >= 0.3 is 0 Å². The molecule has 1 aromatic heterocycles. The molecule has 33 heavy (non-hydrogen) atoms. The van der Waals surface area contributed by atoms with Crippen molar-refractivity contribution in [2.75, 3.05) is 5.75 Å². The van der Waals surface area contributed by atoms with E-state index in [4.69, 9.17) is 0 Å². The maximum Gasteiger partial charge on any atom is 0.250 e. The van der Waals surface area contributed by atoms with Crippen molar-refractivity contribution in [1.29, 1.82) is 0 Å². The maximum atomic E-state index is 12.5. The summed E-state index contributed by atoms with van der Waals surface area (Å²) in [7, 11) is 0. The molecule has 3 aromatic carbocycles. The third-order valence-electron chi connectivity index (χ3n) is 4.88. The van der Waals surface area contributed by atoms with Crippen LogP contribution < -0.4 is 5.43 Å². The van der Waals surface area contributed by atoms with Crippen molar-refractivity contribution in [1.82, 2.24) is 20.2 Å². The first-order chi connectivity index (χ1) is 16.0. The Bertz CT molecular complexity index is 1290. The van der Waals surface area contributed by atoms with Gasteiger partial charge in [-0.15, -0.1) is 10.2 Å². The van der Waals surface area contributed by atoms with Crippen LogP contribution in [0.15, 0.2) is 93.6 Å². The summed E-state index contributed by atoms with van der Waals surface area (Å²) in [5.74, 6) is 0.676. The summed E-state index contributed by atoms with van der Waals surface area (Å²) in [4.78, 5) is 12.5. The second-order valence-corrected chi connectivity index (χ2v) is 9.23. The topological polar surface area (TPSA) is 72.2 Å². The molecule has 1 N–H and O–H groups in total. The van der Waals surface area contributed by atoms with E-state index in [1.165, 1.54) is 17.3 Å². The Hall–Kier alpha value is -3.23. The van der Waals surface area contributed by atoms with E-state index in [9.17, 15) is 4.79 Å². The lowest BCUT2D eigenvalue weighted by atomic mass is 10.1. The molecule has 0 radical (unpaired) electrons. The van der Waals surface area contributed by atoms with Gasteiger partial charge in [-0.25, -0.2) is 5.43 Å². The summed E-state index contributed by atoms with van der Waals surface area (Å²) < 4.78 is 2.93. The van der Waals surface area contributed by atoms with Gasteiger partial charge in [0.1, 0.15) is 0 Å². The molecule has 6 nitrogen and oxygen atoms in total. The predicted octanol–water partition coefficient (Wildman–Crippen LogP) is 5.64. The molecule has 166 valence electrons. The first kappa shape index (κ1) is 22.9. The van der Waals surface area contributed by atoms with Gasteiger partial charge in [0.25, 0.3) is 5.91 Å². The average Bonchev–Trinajstić information content (AvgIpc) is 3.26. The van der Waals surface area contributed by atoms with Crippen LogP contribution in [0.2, 0.25) is 0 Å². The molecule has 0 bridgehead atoms. The number of thioether (sulfide) groups is 1. The van der Waals surface area contributed by atoms with Crippen molar-refractivity contribution < 1.29 is 4.79 Å². The van der Waals surface area contributed by atoms with Gasteiger partial charge in [-0.1, -0.05) is 87.9 Å². The number of rotatable bonds is 7. The molecule has 8 heteroatoms. The molecular formula is C25H22BrN5OS. The molecule has 0 aliphatic rings. The zero-order valence-electron chi connectivity index (χ0n) is 18.2. The quantitative estimate of drug-likeness (QED) is 0.195. The van der Waals surface area contributed by atoms with Gasteiger partial charge < -0.3 is 0 Å². The van der Waals surface area contributed by atoms with Crippen molar-refractivity contribution in [2.24, 2.45) is 5.10 Å². The van der Waals surface area contributed by atoms with E-state index >= 15 is 0 Å². The Balaban J connectivity index is 1.51. The van der Waals surface area contributed by atoms with Crippen LogP contribution in [-0.2, 0) is 4.79 Å². The Kier molecular flexibility index (Phi) is 7.36. The third kappa shape index (κ3) is 5.77. The first-order valence-electron chi connectivity index (χ1n) is 10.3. The Labute approximate surface area is 205 Å². The maximum absolute atomic E-state index is 12.5. The molecule has 0 saturated heterocycles. The first-order valence-corrected chi connectivity index (χ1v) is 12.1. The number of para-hydroxylation sites is 1. The largest absolute Gasteiger partial charge is 0.272 e. The minimum atomic E-state index is -0.214. The highest BCUT2D eigenvalue weighted by molar-refractivity contribution is 9.10. The lowest BCUT2D eigenvalue weighted by molar-refractivity contribution is -0.118. The number of hydrogen-bond donors (Lipinski definition) is 1. The van der Waals surface area contributed by atoms with Crippen LogP contribution in [0, 0.1) is 6.92 Å². The lowest BCUT2D eigenvalue weighted by Crippen LogP contribution is -2.21. The van der Waals surface area contributed by atoms with Crippen molar-refractivity contribution >= 4 is 39.3 Å². The highest BCUT2D eigenvalue weighted by atomic mass is 79.9. The molecule has 0 aliphatic heterocycles. The minimum absolute atomic E-state index is 0.161. The number of carbonyl (C=O) groups is 1. The average molecular weight is 520 g/mol. The number of nitrogens with one attached hydrogen (secondary N) is 1. The SMILES string of the molecule is C/C(=N/NC(=O)CSc1nnc(-c2ccc(C)cc2)n1-c1ccccc1)c1cccc(Br)c1. The predicted molar refractivity (Wildman–Crippen MR) is 137 cm³/mol. The molecule has 1 amide bonds. The van der Waals surface area contributed by atoms with Crippen LogP contribution >= 0.6 is 27.7 Å².